The van der Waals surface area contributed by atoms with Gasteiger partial charge in [-0.2, -0.15) is 0 Å². The Kier molecular flexibility index (Phi) is 11.5. The van der Waals surface area contributed by atoms with Crippen molar-refractivity contribution >= 4 is 50.7 Å². The third kappa shape index (κ3) is 8.68. The van der Waals surface area contributed by atoms with Gasteiger partial charge in [0.1, 0.15) is 6.04 Å². The van der Waals surface area contributed by atoms with E-state index in [2.05, 4.69) is 5.32 Å². The summed E-state index contributed by atoms with van der Waals surface area (Å²) in [6.45, 7) is 6.10. The van der Waals surface area contributed by atoms with Gasteiger partial charge in [-0.3, -0.25) is 13.9 Å². The minimum atomic E-state index is -3.67. The van der Waals surface area contributed by atoms with Crippen LogP contribution in [0.3, 0.4) is 0 Å². The predicted molar refractivity (Wildman–Crippen MR) is 147 cm³/mol. The first kappa shape index (κ1) is 29.9. The van der Waals surface area contributed by atoms with E-state index < -0.39 is 16.1 Å². The molecule has 0 aromatic heterocycles. The number of sulfonamides is 1. The van der Waals surface area contributed by atoms with Gasteiger partial charge in [0.2, 0.25) is 21.8 Å². The number of carbonyl (C=O) groups excluding carboxylic acids is 2. The largest absolute Gasteiger partial charge is 0.352 e. The minimum Gasteiger partial charge on any atom is -0.352 e. The first-order chi connectivity index (χ1) is 17.0. The van der Waals surface area contributed by atoms with E-state index in [1.54, 1.807) is 11.0 Å². The van der Waals surface area contributed by atoms with Gasteiger partial charge in [0, 0.05) is 30.6 Å². The Bertz CT molecular complexity index is 1130. The maximum atomic E-state index is 13.4. The number of carbonyl (C=O) groups is 2. The molecular formula is C26H35Cl2N3O4S. The molecule has 0 aliphatic carbocycles. The number of hydrogen-bond donors (Lipinski definition) is 1. The molecule has 1 N–H and O–H groups in total. The van der Waals surface area contributed by atoms with Crippen LogP contribution in [0.4, 0.5) is 5.69 Å². The zero-order valence-corrected chi connectivity index (χ0v) is 23.5. The highest BCUT2D eigenvalue weighted by atomic mass is 35.5. The van der Waals surface area contributed by atoms with E-state index in [0.717, 1.165) is 22.5 Å². The number of nitrogens with zero attached hydrogens (tertiary/aromatic N) is 2. The van der Waals surface area contributed by atoms with E-state index in [9.17, 15) is 18.0 Å². The Morgan fingerprint density at radius 3 is 2.28 bits per heavy atom. The van der Waals surface area contributed by atoms with Crippen LogP contribution in [0, 0.1) is 0 Å². The van der Waals surface area contributed by atoms with Crippen LogP contribution in [0.5, 0.6) is 0 Å². The van der Waals surface area contributed by atoms with E-state index in [1.165, 1.54) is 12.1 Å². The van der Waals surface area contributed by atoms with Gasteiger partial charge in [0.25, 0.3) is 0 Å². The summed E-state index contributed by atoms with van der Waals surface area (Å²) in [5.41, 5.74) is 1.17. The van der Waals surface area contributed by atoms with Gasteiger partial charge >= 0.3 is 0 Å². The van der Waals surface area contributed by atoms with Crippen molar-refractivity contribution in [1.29, 1.82) is 0 Å². The lowest BCUT2D eigenvalue weighted by molar-refractivity contribution is -0.141. The third-order valence-electron chi connectivity index (χ3n) is 5.91. The lowest BCUT2D eigenvalue weighted by Crippen LogP contribution is -2.50. The Morgan fingerprint density at radius 1 is 1.03 bits per heavy atom. The zero-order chi connectivity index (χ0) is 26.9. The molecule has 0 radical (unpaired) electrons. The quantitative estimate of drug-likeness (QED) is 0.365. The summed E-state index contributed by atoms with van der Waals surface area (Å²) >= 11 is 12.3. The number of anilines is 1. The highest BCUT2D eigenvalue weighted by Crippen LogP contribution is 2.31. The molecule has 2 aromatic carbocycles. The van der Waals surface area contributed by atoms with Crippen molar-refractivity contribution in [2.24, 2.45) is 0 Å². The number of hydrogen-bond acceptors (Lipinski definition) is 4. The summed E-state index contributed by atoms with van der Waals surface area (Å²) in [6, 6.07) is 13.4. The zero-order valence-electron chi connectivity index (χ0n) is 21.2. The summed E-state index contributed by atoms with van der Waals surface area (Å²) in [6.07, 6.45) is 2.62. The molecule has 0 saturated carbocycles. The standard InChI is InChI=1S/C26H35Cl2N3O4S/c1-5-19(3)29-26(33)23(6-2)30(18-20-11-8-7-9-12-20)25(32)13-10-16-31(36(4,34)35)24-17-21(27)14-15-22(24)28/h7-9,11-12,14-15,17,19,23H,5-6,10,13,16,18H2,1-4H3,(H,29,33)/t19-,23-/m0/s1. The van der Waals surface area contributed by atoms with Gasteiger partial charge in [-0.15, -0.1) is 0 Å². The molecule has 0 aliphatic heterocycles. The lowest BCUT2D eigenvalue weighted by Gasteiger charge is -2.32. The average Bonchev–Trinajstić information content (AvgIpc) is 2.83. The smallest absolute Gasteiger partial charge is 0.243 e. The van der Waals surface area contributed by atoms with Crippen LogP contribution >= 0.6 is 23.2 Å². The second kappa shape index (κ2) is 13.9. The Labute approximate surface area is 224 Å². The summed E-state index contributed by atoms with van der Waals surface area (Å²) in [5, 5.41) is 3.58. The maximum Gasteiger partial charge on any atom is 0.243 e. The van der Waals surface area contributed by atoms with E-state index >= 15 is 0 Å². The molecule has 36 heavy (non-hydrogen) atoms. The van der Waals surface area contributed by atoms with Crippen LogP contribution in [0.2, 0.25) is 10.0 Å². The molecule has 2 amide bonds. The fourth-order valence-electron chi connectivity index (χ4n) is 3.80. The molecular weight excluding hydrogens is 521 g/mol. The SMILES string of the molecule is CC[C@H](C)NC(=O)[C@H](CC)N(Cc1ccccc1)C(=O)CCCN(c1cc(Cl)ccc1Cl)S(C)(=O)=O. The lowest BCUT2D eigenvalue weighted by atomic mass is 10.1. The van der Waals surface area contributed by atoms with Crippen LogP contribution in [0.25, 0.3) is 0 Å². The molecule has 0 fully saturated rings. The first-order valence-electron chi connectivity index (χ1n) is 12.0. The van der Waals surface area contributed by atoms with Crippen LogP contribution in [0.1, 0.15) is 52.0 Å². The highest BCUT2D eigenvalue weighted by molar-refractivity contribution is 7.92. The molecule has 7 nitrogen and oxygen atoms in total. The van der Waals surface area contributed by atoms with Crippen molar-refractivity contribution in [2.45, 2.75) is 65.1 Å². The van der Waals surface area contributed by atoms with Crippen molar-refractivity contribution in [1.82, 2.24) is 10.2 Å². The monoisotopic (exact) mass is 555 g/mol. The summed E-state index contributed by atoms with van der Waals surface area (Å²) in [5.74, 6) is -0.421. The first-order valence-corrected chi connectivity index (χ1v) is 14.6. The second-order valence-corrected chi connectivity index (χ2v) is 11.5. The van der Waals surface area contributed by atoms with Gasteiger partial charge in [0.15, 0.2) is 0 Å². The Hall–Kier alpha value is -2.29. The minimum absolute atomic E-state index is 0.00834. The van der Waals surface area contributed by atoms with Crippen molar-refractivity contribution < 1.29 is 18.0 Å². The molecule has 0 heterocycles. The number of benzene rings is 2. The van der Waals surface area contributed by atoms with Crippen molar-refractivity contribution in [3.8, 4) is 0 Å². The molecule has 10 heteroatoms. The highest BCUT2D eigenvalue weighted by Gasteiger charge is 2.29. The van der Waals surface area contributed by atoms with Gasteiger partial charge in [0.05, 0.1) is 17.0 Å². The van der Waals surface area contributed by atoms with Crippen LogP contribution in [-0.4, -0.2) is 50.0 Å². The maximum absolute atomic E-state index is 13.4. The van der Waals surface area contributed by atoms with Crippen molar-refractivity contribution in [3.05, 3.63) is 64.1 Å². The summed E-state index contributed by atoms with van der Waals surface area (Å²) in [7, 11) is -3.67. The molecule has 0 bridgehead atoms. The Balaban J connectivity index is 2.23. The fourth-order valence-corrected chi connectivity index (χ4v) is 5.21. The number of halogens is 2. The molecule has 0 aliphatic rings. The number of amides is 2. The molecule has 0 spiro atoms. The third-order valence-corrected chi connectivity index (χ3v) is 7.65. The van der Waals surface area contributed by atoms with Crippen molar-refractivity contribution in [3.63, 3.8) is 0 Å². The van der Waals surface area contributed by atoms with Gasteiger partial charge in [-0.1, -0.05) is 67.4 Å². The fraction of sp³-hybridized carbons (Fsp3) is 0.462. The molecule has 2 aromatic rings. The Morgan fingerprint density at radius 2 is 1.69 bits per heavy atom. The van der Waals surface area contributed by atoms with Crippen LogP contribution < -0.4 is 9.62 Å². The molecule has 198 valence electrons. The predicted octanol–water partition coefficient (Wildman–Crippen LogP) is 5.26. The molecule has 0 unspecified atom stereocenters. The number of nitrogens with one attached hydrogen (secondary N) is 1. The van der Waals surface area contributed by atoms with Gasteiger partial charge < -0.3 is 10.2 Å². The molecule has 2 atom stereocenters. The summed E-state index contributed by atoms with van der Waals surface area (Å²) in [4.78, 5) is 28.0. The number of rotatable bonds is 13. The average molecular weight is 557 g/mol. The molecule has 2 rings (SSSR count). The van der Waals surface area contributed by atoms with Crippen molar-refractivity contribution in [2.75, 3.05) is 17.1 Å². The second-order valence-electron chi connectivity index (χ2n) is 8.78. The van der Waals surface area contributed by atoms with Crippen LogP contribution in [-0.2, 0) is 26.2 Å². The van der Waals surface area contributed by atoms with E-state index in [0.29, 0.717) is 11.4 Å². The molecule has 0 saturated heterocycles. The van der Waals surface area contributed by atoms with E-state index in [-0.39, 0.29) is 54.5 Å². The topological polar surface area (TPSA) is 86.8 Å². The van der Waals surface area contributed by atoms with E-state index in [1.807, 2.05) is 51.1 Å². The van der Waals surface area contributed by atoms with E-state index in [4.69, 9.17) is 23.2 Å². The van der Waals surface area contributed by atoms with Gasteiger partial charge in [-0.25, -0.2) is 8.42 Å². The van der Waals surface area contributed by atoms with Crippen LogP contribution in [0.15, 0.2) is 48.5 Å². The van der Waals surface area contributed by atoms with Gasteiger partial charge in [-0.05, 0) is 49.9 Å². The normalized spacial score (nSPS) is 13.1. The summed E-state index contributed by atoms with van der Waals surface area (Å²) < 4.78 is 26.1.